The smallest absolute Gasteiger partial charge is 0.122 e. The van der Waals surface area contributed by atoms with Crippen molar-refractivity contribution in [1.29, 1.82) is 0 Å². The largest absolute Gasteiger partial charge is 0.496 e. The van der Waals surface area contributed by atoms with Crippen LogP contribution in [0, 0.1) is 5.92 Å². The van der Waals surface area contributed by atoms with Gasteiger partial charge in [-0.15, -0.1) is 0 Å². The lowest BCUT2D eigenvalue weighted by Gasteiger charge is -2.25. The maximum atomic E-state index is 9.32. The summed E-state index contributed by atoms with van der Waals surface area (Å²) in [5, 5.41) is 12.8. The van der Waals surface area contributed by atoms with Crippen molar-refractivity contribution < 1.29 is 9.84 Å². The Hall–Kier alpha value is -1.06. The summed E-state index contributed by atoms with van der Waals surface area (Å²) in [5.74, 6) is 1.35. The molecule has 0 aliphatic rings. The number of para-hydroxylation sites is 1. The number of nitrogens with one attached hydrogen (secondary N) is 1. The van der Waals surface area contributed by atoms with E-state index in [1.807, 2.05) is 18.2 Å². The Kier molecular flexibility index (Phi) is 6.16. The van der Waals surface area contributed by atoms with Gasteiger partial charge in [-0.3, -0.25) is 0 Å². The van der Waals surface area contributed by atoms with Crippen LogP contribution >= 0.6 is 0 Å². The highest BCUT2D eigenvalue weighted by molar-refractivity contribution is 5.33. The predicted octanol–water partition coefficient (Wildman–Crippen LogP) is 2.23. The third-order valence-corrected chi connectivity index (χ3v) is 3.22. The van der Waals surface area contributed by atoms with Gasteiger partial charge in [0.2, 0.25) is 0 Å². The number of aliphatic hydroxyl groups is 1. The van der Waals surface area contributed by atoms with E-state index in [0.717, 1.165) is 12.2 Å². The average molecular weight is 251 g/mol. The van der Waals surface area contributed by atoms with Gasteiger partial charge in [0.1, 0.15) is 5.75 Å². The fraction of sp³-hybridized carbons (Fsp3) is 0.600. The van der Waals surface area contributed by atoms with Crippen LogP contribution in [-0.2, 0) is 6.42 Å². The molecule has 1 rings (SSSR count). The van der Waals surface area contributed by atoms with Crippen molar-refractivity contribution >= 4 is 0 Å². The minimum absolute atomic E-state index is 0.148. The van der Waals surface area contributed by atoms with E-state index in [1.165, 1.54) is 5.56 Å². The summed E-state index contributed by atoms with van der Waals surface area (Å²) >= 11 is 0. The average Bonchev–Trinajstić information content (AvgIpc) is 2.36. The maximum Gasteiger partial charge on any atom is 0.122 e. The topological polar surface area (TPSA) is 41.5 Å². The van der Waals surface area contributed by atoms with Crippen molar-refractivity contribution in [3.63, 3.8) is 0 Å². The monoisotopic (exact) mass is 251 g/mol. The van der Waals surface area contributed by atoms with E-state index in [4.69, 9.17) is 4.74 Å². The number of aliphatic hydroxyl groups excluding tert-OH is 1. The molecule has 0 saturated heterocycles. The maximum absolute atomic E-state index is 9.32. The predicted molar refractivity (Wildman–Crippen MR) is 75.0 cm³/mol. The Balaban J connectivity index is 2.61. The number of benzene rings is 1. The highest BCUT2D eigenvalue weighted by Crippen LogP contribution is 2.19. The van der Waals surface area contributed by atoms with Gasteiger partial charge in [-0.2, -0.15) is 0 Å². The summed E-state index contributed by atoms with van der Waals surface area (Å²) in [4.78, 5) is 0. The number of methoxy groups -OCH3 is 1. The molecule has 0 aliphatic carbocycles. The second-order valence-corrected chi connectivity index (χ2v) is 5.12. The lowest BCUT2D eigenvalue weighted by atomic mass is 10.0. The molecular formula is C15H25NO2. The van der Waals surface area contributed by atoms with Gasteiger partial charge in [-0.25, -0.2) is 0 Å². The summed E-state index contributed by atoms with van der Waals surface area (Å²) in [6.45, 7) is 6.54. The molecule has 102 valence electrons. The Morgan fingerprint density at radius 3 is 2.44 bits per heavy atom. The highest BCUT2D eigenvalue weighted by Gasteiger charge is 2.15. The molecule has 18 heavy (non-hydrogen) atoms. The van der Waals surface area contributed by atoms with E-state index < -0.39 is 0 Å². The fourth-order valence-corrected chi connectivity index (χ4v) is 2.08. The van der Waals surface area contributed by atoms with Crippen molar-refractivity contribution in [2.45, 2.75) is 39.3 Å². The molecule has 0 heterocycles. The van der Waals surface area contributed by atoms with E-state index in [9.17, 15) is 5.11 Å². The van der Waals surface area contributed by atoms with Crippen LogP contribution in [-0.4, -0.2) is 30.9 Å². The van der Waals surface area contributed by atoms with Crippen LogP contribution in [0.4, 0.5) is 0 Å². The zero-order valence-electron chi connectivity index (χ0n) is 11.8. The lowest BCUT2D eigenvalue weighted by Crippen LogP contribution is -2.43. The molecule has 3 heteroatoms. The minimum atomic E-state index is 0.148. The van der Waals surface area contributed by atoms with Crippen LogP contribution in [0.15, 0.2) is 24.3 Å². The molecule has 2 N–H and O–H groups in total. The number of ether oxygens (including phenoxy) is 1. The van der Waals surface area contributed by atoms with E-state index in [2.05, 4.69) is 32.2 Å². The van der Waals surface area contributed by atoms with Crippen molar-refractivity contribution in [1.82, 2.24) is 5.32 Å². The van der Waals surface area contributed by atoms with Crippen molar-refractivity contribution in [2.24, 2.45) is 5.92 Å². The number of hydrogen-bond donors (Lipinski definition) is 2. The summed E-state index contributed by atoms with van der Waals surface area (Å²) in [7, 11) is 1.70. The SMILES string of the molecule is COc1ccccc1CC(C)NC(CO)C(C)C. The molecule has 2 unspecified atom stereocenters. The Labute approximate surface area is 110 Å². The van der Waals surface area contributed by atoms with Gasteiger partial charge in [-0.05, 0) is 30.9 Å². The van der Waals surface area contributed by atoms with E-state index in [1.54, 1.807) is 7.11 Å². The molecule has 3 nitrogen and oxygen atoms in total. The van der Waals surface area contributed by atoms with E-state index in [-0.39, 0.29) is 12.6 Å². The Bertz CT molecular complexity index is 352. The van der Waals surface area contributed by atoms with Crippen molar-refractivity contribution in [3.8, 4) is 5.75 Å². The Morgan fingerprint density at radius 2 is 1.89 bits per heavy atom. The zero-order chi connectivity index (χ0) is 13.5. The molecule has 0 saturated carbocycles. The second-order valence-electron chi connectivity index (χ2n) is 5.12. The highest BCUT2D eigenvalue weighted by atomic mass is 16.5. The molecule has 0 fully saturated rings. The van der Waals surface area contributed by atoms with Gasteiger partial charge in [0, 0.05) is 12.1 Å². The van der Waals surface area contributed by atoms with Gasteiger partial charge in [0.25, 0.3) is 0 Å². The van der Waals surface area contributed by atoms with Crippen LogP contribution in [0.2, 0.25) is 0 Å². The Morgan fingerprint density at radius 1 is 1.22 bits per heavy atom. The van der Waals surface area contributed by atoms with Crippen LogP contribution in [0.1, 0.15) is 26.3 Å². The van der Waals surface area contributed by atoms with Crippen LogP contribution in [0.3, 0.4) is 0 Å². The van der Waals surface area contributed by atoms with Gasteiger partial charge in [0.05, 0.1) is 13.7 Å². The third kappa shape index (κ3) is 4.31. The molecular weight excluding hydrogens is 226 g/mol. The summed E-state index contributed by atoms with van der Waals surface area (Å²) in [5.41, 5.74) is 1.19. The van der Waals surface area contributed by atoms with Gasteiger partial charge in [0.15, 0.2) is 0 Å². The first-order valence-electron chi connectivity index (χ1n) is 6.57. The summed E-state index contributed by atoms with van der Waals surface area (Å²) in [6, 6.07) is 8.52. The molecule has 1 aromatic carbocycles. The first-order valence-corrected chi connectivity index (χ1v) is 6.57. The molecule has 0 radical (unpaired) electrons. The second kappa shape index (κ2) is 7.39. The first kappa shape index (κ1) is 15.0. The van der Waals surface area contributed by atoms with Crippen molar-refractivity contribution in [2.75, 3.05) is 13.7 Å². The molecule has 0 amide bonds. The molecule has 2 atom stereocenters. The fourth-order valence-electron chi connectivity index (χ4n) is 2.08. The van der Waals surface area contributed by atoms with Crippen LogP contribution < -0.4 is 10.1 Å². The van der Waals surface area contributed by atoms with Gasteiger partial charge >= 0.3 is 0 Å². The quantitative estimate of drug-likeness (QED) is 0.781. The van der Waals surface area contributed by atoms with E-state index >= 15 is 0 Å². The minimum Gasteiger partial charge on any atom is -0.496 e. The molecule has 1 aromatic rings. The van der Waals surface area contributed by atoms with E-state index in [0.29, 0.717) is 12.0 Å². The number of hydrogen-bond acceptors (Lipinski definition) is 3. The summed E-state index contributed by atoms with van der Waals surface area (Å²) < 4.78 is 5.35. The van der Waals surface area contributed by atoms with Gasteiger partial charge < -0.3 is 15.2 Å². The third-order valence-electron chi connectivity index (χ3n) is 3.22. The van der Waals surface area contributed by atoms with Crippen LogP contribution in [0.25, 0.3) is 0 Å². The first-order chi connectivity index (χ1) is 8.58. The van der Waals surface area contributed by atoms with Crippen LogP contribution in [0.5, 0.6) is 5.75 Å². The normalized spacial score (nSPS) is 14.6. The van der Waals surface area contributed by atoms with Crippen molar-refractivity contribution in [3.05, 3.63) is 29.8 Å². The molecule has 0 aliphatic heterocycles. The zero-order valence-corrected chi connectivity index (χ0v) is 11.8. The number of rotatable bonds is 7. The molecule has 0 aromatic heterocycles. The van der Waals surface area contributed by atoms with Gasteiger partial charge in [-0.1, -0.05) is 32.0 Å². The summed E-state index contributed by atoms with van der Waals surface area (Å²) in [6.07, 6.45) is 0.896. The standard InChI is InChI=1S/C15H25NO2/c1-11(2)14(10-17)16-12(3)9-13-7-5-6-8-15(13)18-4/h5-8,11-12,14,16-17H,9-10H2,1-4H3. The lowest BCUT2D eigenvalue weighted by molar-refractivity contribution is 0.200. The molecule has 0 spiro atoms. The molecule has 0 bridgehead atoms.